The molecule has 0 radical (unpaired) electrons. The monoisotopic (exact) mass is 568 g/mol. The van der Waals surface area contributed by atoms with E-state index in [1.807, 2.05) is 25.1 Å². The van der Waals surface area contributed by atoms with Gasteiger partial charge >= 0.3 is 0 Å². The van der Waals surface area contributed by atoms with Gasteiger partial charge in [0.05, 0.1) is 33.0 Å². The van der Waals surface area contributed by atoms with Gasteiger partial charge < -0.3 is 24.8 Å². The van der Waals surface area contributed by atoms with Gasteiger partial charge in [0.2, 0.25) is 0 Å². The molecule has 3 rings (SSSR count). The molecule has 1 saturated heterocycles. The van der Waals surface area contributed by atoms with Crippen LogP contribution in [0.1, 0.15) is 29.7 Å². The fraction of sp³-hybridized carbons (Fsp3) is 0.480. The molecule has 0 aromatic heterocycles. The highest BCUT2D eigenvalue weighted by molar-refractivity contribution is 14.0. The van der Waals surface area contributed by atoms with Crippen LogP contribution in [0.4, 0.5) is 0 Å². The molecule has 2 aromatic carbocycles. The lowest BCUT2D eigenvalue weighted by atomic mass is 10.0. The molecule has 0 saturated carbocycles. The summed E-state index contributed by atoms with van der Waals surface area (Å²) in [6, 6.07) is 16.9. The summed E-state index contributed by atoms with van der Waals surface area (Å²) in [6.45, 7) is 8.12. The van der Waals surface area contributed by atoms with Crippen LogP contribution in [0.2, 0.25) is 0 Å². The summed E-state index contributed by atoms with van der Waals surface area (Å²) in [6.07, 6.45) is 0. The van der Waals surface area contributed by atoms with Crippen LogP contribution in [0.5, 0.6) is 5.75 Å². The standard InChI is InChI=1S/C25H36N4O3.HI/c1-4-31-19-22-8-6-5-7-21(22)17-27-25(26-2)28-18-24(29-13-15-32-16-14-29)20-9-11-23(30-3)12-10-20;/h5-12,24H,4,13-19H2,1-3H3,(H2,26,27,28);1H. The van der Waals surface area contributed by atoms with Crippen LogP contribution in [-0.4, -0.2) is 64.5 Å². The molecule has 8 heteroatoms. The number of benzene rings is 2. The lowest BCUT2D eigenvalue weighted by molar-refractivity contribution is 0.0170. The van der Waals surface area contributed by atoms with Gasteiger partial charge in [0.25, 0.3) is 0 Å². The van der Waals surface area contributed by atoms with Crippen LogP contribution >= 0.6 is 24.0 Å². The van der Waals surface area contributed by atoms with Crippen LogP contribution in [0.25, 0.3) is 0 Å². The molecular formula is C25H37IN4O3. The quantitative estimate of drug-likeness (QED) is 0.260. The molecular weight excluding hydrogens is 531 g/mol. The SMILES string of the molecule is CCOCc1ccccc1CNC(=NC)NCC(c1ccc(OC)cc1)N1CCOCC1.I. The van der Waals surface area contributed by atoms with E-state index in [1.165, 1.54) is 16.7 Å². The van der Waals surface area contributed by atoms with Gasteiger partial charge in [0.1, 0.15) is 5.75 Å². The molecule has 1 unspecified atom stereocenters. The molecule has 182 valence electrons. The van der Waals surface area contributed by atoms with E-state index in [0.29, 0.717) is 19.8 Å². The molecule has 0 bridgehead atoms. The maximum absolute atomic E-state index is 5.61. The van der Waals surface area contributed by atoms with Crippen molar-refractivity contribution in [1.29, 1.82) is 0 Å². The Bertz CT molecular complexity index is 842. The molecule has 1 fully saturated rings. The second-order valence-electron chi connectivity index (χ2n) is 7.65. The minimum atomic E-state index is 0. The maximum Gasteiger partial charge on any atom is 0.191 e. The third kappa shape index (κ3) is 8.44. The van der Waals surface area contributed by atoms with Gasteiger partial charge in [-0.2, -0.15) is 0 Å². The Morgan fingerprint density at radius 2 is 1.76 bits per heavy atom. The van der Waals surface area contributed by atoms with Gasteiger partial charge in [-0.1, -0.05) is 36.4 Å². The fourth-order valence-corrected chi connectivity index (χ4v) is 3.85. The van der Waals surface area contributed by atoms with Crippen molar-refractivity contribution in [2.45, 2.75) is 26.1 Å². The number of hydrogen-bond acceptors (Lipinski definition) is 5. The minimum Gasteiger partial charge on any atom is -0.497 e. The van der Waals surface area contributed by atoms with E-state index < -0.39 is 0 Å². The van der Waals surface area contributed by atoms with Crippen LogP contribution in [-0.2, 0) is 22.6 Å². The molecule has 0 aliphatic carbocycles. The predicted octanol–water partition coefficient (Wildman–Crippen LogP) is 3.59. The zero-order valence-corrected chi connectivity index (χ0v) is 22.2. The molecule has 1 atom stereocenters. The number of nitrogens with zero attached hydrogens (tertiary/aromatic N) is 2. The van der Waals surface area contributed by atoms with Crippen LogP contribution in [0.15, 0.2) is 53.5 Å². The van der Waals surface area contributed by atoms with E-state index in [2.05, 4.69) is 50.9 Å². The molecule has 0 amide bonds. The topological polar surface area (TPSA) is 67.3 Å². The third-order valence-corrected chi connectivity index (χ3v) is 5.70. The normalized spacial score (nSPS) is 15.4. The van der Waals surface area contributed by atoms with E-state index in [-0.39, 0.29) is 30.0 Å². The number of rotatable bonds is 10. The van der Waals surface area contributed by atoms with Crippen LogP contribution in [0.3, 0.4) is 0 Å². The summed E-state index contributed by atoms with van der Waals surface area (Å²) in [4.78, 5) is 6.89. The first kappa shape index (κ1) is 27.4. The Balaban J connectivity index is 0.00000385. The van der Waals surface area contributed by atoms with Crippen molar-refractivity contribution in [3.8, 4) is 5.75 Å². The van der Waals surface area contributed by atoms with Gasteiger partial charge in [0.15, 0.2) is 5.96 Å². The lowest BCUT2D eigenvalue weighted by Gasteiger charge is -2.35. The van der Waals surface area contributed by atoms with Crippen LogP contribution in [0, 0.1) is 0 Å². The lowest BCUT2D eigenvalue weighted by Crippen LogP contribution is -2.46. The first-order chi connectivity index (χ1) is 15.7. The average molecular weight is 569 g/mol. The Morgan fingerprint density at radius 1 is 1.06 bits per heavy atom. The van der Waals surface area contributed by atoms with E-state index in [9.17, 15) is 0 Å². The Morgan fingerprint density at radius 3 is 2.39 bits per heavy atom. The van der Waals surface area contributed by atoms with E-state index in [4.69, 9.17) is 14.2 Å². The van der Waals surface area contributed by atoms with Gasteiger partial charge in [-0.3, -0.25) is 9.89 Å². The molecule has 1 aliphatic rings. The Kier molecular flexibility index (Phi) is 12.5. The van der Waals surface area contributed by atoms with Crippen molar-refractivity contribution in [2.75, 3.05) is 53.6 Å². The minimum absolute atomic E-state index is 0. The summed E-state index contributed by atoms with van der Waals surface area (Å²) in [5, 5.41) is 6.97. The Hall–Kier alpha value is -1.88. The second kappa shape index (κ2) is 15.1. The number of aliphatic imine (C=N–C) groups is 1. The zero-order valence-electron chi connectivity index (χ0n) is 19.9. The number of methoxy groups -OCH3 is 1. The smallest absolute Gasteiger partial charge is 0.191 e. The number of morpholine rings is 1. The number of halogens is 1. The zero-order chi connectivity index (χ0) is 22.6. The molecule has 2 N–H and O–H groups in total. The van der Waals surface area contributed by atoms with Gasteiger partial charge in [-0.15, -0.1) is 24.0 Å². The molecule has 2 aromatic rings. The highest BCUT2D eigenvalue weighted by atomic mass is 127. The largest absolute Gasteiger partial charge is 0.497 e. The molecule has 7 nitrogen and oxygen atoms in total. The number of ether oxygens (including phenoxy) is 3. The van der Waals surface area contributed by atoms with Gasteiger partial charge in [-0.05, 0) is 35.7 Å². The van der Waals surface area contributed by atoms with Crippen molar-refractivity contribution in [2.24, 2.45) is 4.99 Å². The number of hydrogen-bond donors (Lipinski definition) is 2. The van der Waals surface area contributed by atoms with Crippen molar-refractivity contribution < 1.29 is 14.2 Å². The first-order valence-corrected chi connectivity index (χ1v) is 11.3. The second-order valence-corrected chi connectivity index (χ2v) is 7.65. The average Bonchev–Trinajstić information content (AvgIpc) is 2.86. The highest BCUT2D eigenvalue weighted by Crippen LogP contribution is 2.23. The molecule has 0 spiro atoms. The van der Waals surface area contributed by atoms with Crippen molar-refractivity contribution in [1.82, 2.24) is 15.5 Å². The number of nitrogens with one attached hydrogen (secondary N) is 2. The van der Waals surface area contributed by atoms with Crippen molar-refractivity contribution in [3.63, 3.8) is 0 Å². The summed E-state index contributed by atoms with van der Waals surface area (Å²) in [7, 11) is 3.50. The molecule has 33 heavy (non-hydrogen) atoms. The number of guanidine groups is 1. The van der Waals surface area contributed by atoms with E-state index >= 15 is 0 Å². The fourth-order valence-electron chi connectivity index (χ4n) is 3.85. The maximum atomic E-state index is 5.61. The van der Waals surface area contributed by atoms with Gasteiger partial charge in [0, 0.05) is 39.8 Å². The summed E-state index contributed by atoms with van der Waals surface area (Å²) in [5.41, 5.74) is 3.66. The van der Waals surface area contributed by atoms with E-state index in [0.717, 1.165) is 44.6 Å². The highest BCUT2D eigenvalue weighted by Gasteiger charge is 2.23. The molecule has 1 heterocycles. The van der Waals surface area contributed by atoms with Crippen molar-refractivity contribution >= 4 is 29.9 Å². The van der Waals surface area contributed by atoms with E-state index in [1.54, 1.807) is 14.2 Å². The Labute approximate surface area is 214 Å². The third-order valence-electron chi connectivity index (χ3n) is 5.70. The summed E-state index contributed by atoms with van der Waals surface area (Å²) in [5.74, 6) is 1.65. The van der Waals surface area contributed by atoms with Crippen molar-refractivity contribution in [3.05, 3.63) is 65.2 Å². The predicted molar refractivity (Wildman–Crippen MR) is 144 cm³/mol. The summed E-state index contributed by atoms with van der Waals surface area (Å²) < 4.78 is 16.5. The van der Waals surface area contributed by atoms with Gasteiger partial charge in [-0.25, -0.2) is 0 Å². The molecule has 1 aliphatic heterocycles. The van der Waals surface area contributed by atoms with Crippen LogP contribution < -0.4 is 15.4 Å². The summed E-state index contributed by atoms with van der Waals surface area (Å²) >= 11 is 0. The first-order valence-electron chi connectivity index (χ1n) is 11.3.